The lowest BCUT2D eigenvalue weighted by molar-refractivity contribution is 0.577. The summed E-state index contributed by atoms with van der Waals surface area (Å²) in [5, 5.41) is 0. The summed E-state index contributed by atoms with van der Waals surface area (Å²) in [6, 6.07) is 0. The molecule has 0 atom stereocenters. The van der Waals surface area contributed by atoms with Gasteiger partial charge >= 0.3 is 0 Å². The molecule has 0 aromatic carbocycles. The standard InChI is InChI=1S/C11H23/c1-3-5-7-9-11-10-8-6-4-2/h1,3-11H2,2H3. The summed E-state index contributed by atoms with van der Waals surface area (Å²) in [5.74, 6) is 0. The van der Waals surface area contributed by atoms with Crippen LogP contribution in [0.15, 0.2) is 0 Å². The van der Waals surface area contributed by atoms with Crippen LogP contribution in [0.25, 0.3) is 0 Å². The van der Waals surface area contributed by atoms with Crippen LogP contribution in [0.3, 0.4) is 0 Å². The molecular formula is C11H23. The van der Waals surface area contributed by atoms with Gasteiger partial charge in [-0.05, 0) is 0 Å². The smallest absolute Gasteiger partial charge is 0.0533 e. The van der Waals surface area contributed by atoms with Crippen LogP contribution in [0, 0.1) is 6.92 Å². The van der Waals surface area contributed by atoms with E-state index in [1.165, 1.54) is 51.4 Å². The molecule has 0 nitrogen and oxygen atoms in total. The van der Waals surface area contributed by atoms with E-state index in [0.717, 1.165) is 6.42 Å². The molecule has 0 aromatic rings. The largest absolute Gasteiger partial charge is 0.0654 e. The van der Waals surface area contributed by atoms with E-state index in [9.17, 15) is 0 Å². The third-order valence-electron chi connectivity index (χ3n) is 2.10. The summed E-state index contributed by atoms with van der Waals surface area (Å²) in [6.07, 6.45) is 12.4. The number of hydrogen-bond acceptors (Lipinski definition) is 0. The Bertz CT molecular complexity index is 49.1. The summed E-state index contributed by atoms with van der Waals surface area (Å²) in [4.78, 5) is 0. The van der Waals surface area contributed by atoms with Crippen LogP contribution in [0.4, 0.5) is 0 Å². The zero-order valence-corrected chi connectivity index (χ0v) is 8.07. The van der Waals surface area contributed by atoms with Gasteiger partial charge in [-0.2, -0.15) is 0 Å². The molecule has 0 fully saturated rings. The van der Waals surface area contributed by atoms with Gasteiger partial charge in [0.1, 0.15) is 0 Å². The molecule has 0 N–H and O–H groups in total. The topological polar surface area (TPSA) is 0 Å². The van der Waals surface area contributed by atoms with E-state index in [2.05, 4.69) is 13.8 Å². The quantitative estimate of drug-likeness (QED) is 0.457. The molecule has 0 aliphatic heterocycles. The molecule has 0 saturated carbocycles. The van der Waals surface area contributed by atoms with Crippen LogP contribution in [-0.2, 0) is 0 Å². The fourth-order valence-electron chi connectivity index (χ4n) is 1.31. The minimum absolute atomic E-state index is 1.12. The lowest BCUT2D eigenvalue weighted by atomic mass is 10.1. The van der Waals surface area contributed by atoms with Crippen molar-refractivity contribution >= 4 is 0 Å². The summed E-state index contributed by atoms with van der Waals surface area (Å²) >= 11 is 0. The fraction of sp³-hybridized carbons (Fsp3) is 0.909. The molecule has 1 radical (unpaired) electrons. The van der Waals surface area contributed by atoms with Crippen LogP contribution < -0.4 is 0 Å². The summed E-state index contributed by atoms with van der Waals surface area (Å²) in [7, 11) is 0. The lowest BCUT2D eigenvalue weighted by Gasteiger charge is -1.98. The second kappa shape index (κ2) is 10.0. The van der Waals surface area contributed by atoms with Gasteiger partial charge in [-0.15, -0.1) is 0 Å². The predicted octanol–water partition coefficient (Wildman–Crippen LogP) is 4.35. The molecule has 0 heterocycles. The van der Waals surface area contributed by atoms with Gasteiger partial charge in [-0.3, -0.25) is 0 Å². The first-order valence-electron chi connectivity index (χ1n) is 5.21. The highest BCUT2D eigenvalue weighted by atomic mass is 13.9. The molecule has 0 aromatic heterocycles. The molecule has 11 heavy (non-hydrogen) atoms. The molecule has 0 spiro atoms. The Morgan fingerprint density at radius 3 is 1.64 bits per heavy atom. The van der Waals surface area contributed by atoms with E-state index >= 15 is 0 Å². The second-order valence-corrected chi connectivity index (χ2v) is 3.33. The maximum Gasteiger partial charge on any atom is -0.0533 e. The molecule has 0 unspecified atom stereocenters. The van der Waals surface area contributed by atoms with Gasteiger partial charge in [0.05, 0.1) is 0 Å². The molecule has 0 saturated heterocycles. The van der Waals surface area contributed by atoms with Crippen LogP contribution in [0.1, 0.15) is 64.7 Å². The molecular weight excluding hydrogens is 132 g/mol. The molecule has 0 heteroatoms. The van der Waals surface area contributed by atoms with Crippen molar-refractivity contribution in [2.24, 2.45) is 0 Å². The molecule has 0 rings (SSSR count). The average molecular weight is 155 g/mol. The number of unbranched alkanes of at least 4 members (excludes halogenated alkanes) is 8. The van der Waals surface area contributed by atoms with E-state index in [1.54, 1.807) is 0 Å². The van der Waals surface area contributed by atoms with Crippen molar-refractivity contribution < 1.29 is 0 Å². The normalized spacial score (nSPS) is 10.4. The van der Waals surface area contributed by atoms with E-state index in [0.29, 0.717) is 0 Å². The molecule has 0 aliphatic carbocycles. The highest BCUT2D eigenvalue weighted by Crippen LogP contribution is 2.08. The van der Waals surface area contributed by atoms with E-state index in [4.69, 9.17) is 0 Å². The Morgan fingerprint density at radius 2 is 1.18 bits per heavy atom. The fourth-order valence-corrected chi connectivity index (χ4v) is 1.31. The predicted molar refractivity (Wildman–Crippen MR) is 52.6 cm³/mol. The van der Waals surface area contributed by atoms with E-state index in [1.807, 2.05) is 0 Å². The van der Waals surface area contributed by atoms with Crippen molar-refractivity contribution in [2.45, 2.75) is 64.7 Å². The Balaban J connectivity index is 2.69. The van der Waals surface area contributed by atoms with Crippen molar-refractivity contribution in [2.75, 3.05) is 0 Å². The first-order chi connectivity index (χ1) is 5.41. The molecule has 67 valence electrons. The van der Waals surface area contributed by atoms with Crippen molar-refractivity contribution in [3.05, 3.63) is 6.92 Å². The minimum Gasteiger partial charge on any atom is -0.0654 e. The van der Waals surface area contributed by atoms with Gasteiger partial charge < -0.3 is 0 Å². The maximum absolute atomic E-state index is 3.83. The van der Waals surface area contributed by atoms with E-state index < -0.39 is 0 Å². The highest BCUT2D eigenvalue weighted by Gasteiger charge is 1.88. The first-order valence-corrected chi connectivity index (χ1v) is 5.21. The molecule has 0 amide bonds. The van der Waals surface area contributed by atoms with Gasteiger partial charge in [0.2, 0.25) is 0 Å². The number of rotatable bonds is 8. The van der Waals surface area contributed by atoms with E-state index in [-0.39, 0.29) is 0 Å². The first kappa shape index (κ1) is 11.0. The maximum atomic E-state index is 3.83. The van der Waals surface area contributed by atoms with Crippen LogP contribution >= 0.6 is 0 Å². The van der Waals surface area contributed by atoms with Gasteiger partial charge in [0, 0.05) is 0 Å². The number of hydrogen-bond donors (Lipinski definition) is 0. The SMILES string of the molecule is [CH2]CCCCCCCCCC. The van der Waals surface area contributed by atoms with Gasteiger partial charge in [-0.1, -0.05) is 71.6 Å². The van der Waals surface area contributed by atoms with Gasteiger partial charge in [-0.25, -0.2) is 0 Å². The lowest BCUT2D eigenvalue weighted by Crippen LogP contribution is -1.79. The highest BCUT2D eigenvalue weighted by molar-refractivity contribution is 4.46. The molecule has 0 aliphatic rings. The Morgan fingerprint density at radius 1 is 0.727 bits per heavy atom. The Kier molecular flexibility index (Phi) is 10.0. The van der Waals surface area contributed by atoms with Crippen LogP contribution in [0.2, 0.25) is 0 Å². The van der Waals surface area contributed by atoms with Crippen molar-refractivity contribution in [3.8, 4) is 0 Å². The van der Waals surface area contributed by atoms with Crippen molar-refractivity contribution in [3.63, 3.8) is 0 Å². The minimum atomic E-state index is 1.12. The Hall–Kier alpha value is 0. The molecule has 0 bridgehead atoms. The van der Waals surface area contributed by atoms with Crippen molar-refractivity contribution in [1.82, 2.24) is 0 Å². The summed E-state index contributed by atoms with van der Waals surface area (Å²) in [6.45, 7) is 6.10. The second-order valence-electron chi connectivity index (χ2n) is 3.33. The Labute approximate surface area is 72.4 Å². The van der Waals surface area contributed by atoms with Crippen LogP contribution in [-0.4, -0.2) is 0 Å². The van der Waals surface area contributed by atoms with Crippen LogP contribution in [0.5, 0.6) is 0 Å². The third-order valence-corrected chi connectivity index (χ3v) is 2.10. The zero-order valence-electron chi connectivity index (χ0n) is 8.07. The average Bonchev–Trinajstić information content (AvgIpc) is 2.03. The summed E-state index contributed by atoms with van der Waals surface area (Å²) in [5.41, 5.74) is 0. The monoisotopic (exact) mass is 155 g/mol. The summed E-state index contributed by atoms with van der Waals surface area (Å²) < 4.78 is 0. The van der Waals surface area contributed by atoms with Crippen molar-refractivity contribution in [1.29, 1.82) is 0 Å². The zero-order chi connectivity index (χ0) is 8.36. The third kappa shape index (κ3) is 10.0. The van der Waals surface area contributed by atoms with Gasteiger partial charge in [0.15, 0.2) is 0 Å². The van der Waals surface area contributed by atoms with Gasteiger partial charge in [0.25, 0.3) is 0 Å².